The summed E-state index contributed by atoms with van der Waals surface area (Å²) in [7, 11) is 1.55. The minimum absolute atomic E-state index is 0.109. The van der Waals surface area contributed by atoms with Crippen LogP contribution in [0.1, 0.15) is 50.4 Å². The molecule has 0 heterocycles. The van der Waals surface area contributed by atoms with Gasteiger partial charge in [0, 0.05) is 16.9 Å². The number of halogens is 1. The molecule has 1 N–H and O–H groups in total. The van der Waals surface area contributed by atoms with E-state index in [0.29, 0.717) is 39.9 Å². The van der Waals surface area contributed by atoms with Crippen molar-refractivity contribution in [1.29, 1.82) is 0 Å². The zero-order valence-corrected chi connectivity index (χ0v) is 17.0. The van der Waals surface area contributed by atoms with Crippen LogP contribution in [0.3, 0.4) is 0 Å². The van der Waals surface area contributed by atoms with Crippen LogP contribution >= 0.6 is 23.4 Å². The molecule has 1 fully saturated rings. The second kappa shape index (κ2) is 9.58. The molecule has 0 aliphatic heterocycles. The predicted octanol–water partition coefficient (Wildman–Crippen LogP) is 4.79. The van der Waals surface area contributed by atoms with Gasteiger partial charge in [0.05, 0.1) is 18.7 Å². The molecular formula is C19H28ClNO3S. The predicted molar refractivity (Wildman–Crippen MR) is 105 cm³/mol. The Kier molecular flexibility index (Phi) is 7.76. The first kappa shape index (κ1) is 20.2. The van der Waals surface area contributed by atoms with E-state index in [1.807, 2.05) is 11.8 Å². The van der Waals surface area contributed by atoms with E-state index < -0.39 is 0 Å². The first-order valence-electron chi connectivity index (χ1n) is 8.87. The van der Waals surface area contributed by atoms with E-state index in [1.54, 1.807) is 19.2 Å². The summed E-state index contributed by atoms with van der Waals surface area (Å²) in [4.78, 5) is 12.6. The van der Waals surface area contributed by atoms with E-state index in [4.69, 9.17) is 21.1 Å². The van der Waals surface area contributed by atoms with Crippen molar-refractivity contribution < 1.29 is 14.3 Å². The van der Waals surface area contributed by atoms with Gasteiger partial charge in [-0.3, -0.25) is 4.79 Å². The van der Waals surface area contributed by atoms with Crippen LogP contribution in [0.5, 0.6) is 11.5 Å². The molecule has 0 unspecified atom stereocenters. The molecule has 0 spiro atoms. The summed E-state index contributed by atoms with van der Waals surface area (Å²) >= 11 is 8.31. The number of rotatable bonds is 8. The molecule has 1 aromatic carbocycles. The van der Waals surface area contributed by atoms with Gasteiger partial charge < -0.3 is 14.8 Å². The molecular weight excluding hydrogens is 358 g/mol. The largest absolute Gasteiger partial charge is 0.493 e. The molecule has 140 valence electrons. The summed E-state index contributed by atoms with van der Waals surface area (Å²) in [6, 6.07) is 3.59. The Labute approximate surface area is 160 Å². The number of hydrogen-bond donors (Lipinski definition) is 1. The molecule has 25 heavy (non-hydrogen) atoms. The zero-order chi connectivity index (χ0) is 18.4. The van der Waals surface area contributed by atoms with Gasteiger partial charge in [0.1, 0.15) is 0 Å². The highest BCUT2D eigenvalue weighted by molar-refractivity contribution is 7.99. The second-order valence-corrected chi connectivity index (χ2v) is 8.74. The number of amides is 1. The number of methoxy groups -OCH3 is 1. The maximum atomic E-state index is 12.6. The van der Waals surface area contributed by atoms with Crippen molar-refractivity contribution in [3.05, 3.63) is 22.7 Å². The van der Waals surface area contributed by atoms with Crippen molar-refractivity contribution in [2.75, 3.05) is 19.5 Å². The fourth-order valence-electron chi connectivity index (χ4n) is 2.97. The third-order valence-electron chi connectivity index (χ3n) is 4.17. The van der Waals surface area contributed by atoms with Crippen molar-refractivity contribution >= 4 is 29.3 Å². The molecule has 1 saturated carbocycles. The summed E-state index contributed by atoms with van der Waals surface area (Å²) in [6.45, 7) is 6.84. The lowest BCUT2D eigenvalue weighted by Crippen LogP contribution is -2.33. The lowest BCUT2D eigenvalue weighted by atomic mass is 10.1. The SMILES string of the molecule is CCS[C@H]1CC[C@@H](NC(=O)c2cc(Cl)c(OCC(C)C)c(OC)c2)C1. The fraction of sp³-hybridized carbons (Fsp3) is 0.632. The van der Waals surface area contributed by atoms with E-state index in [0.717, 1.165) is 25.0 Å². The third kappa shape index (κ3) is 5.71. The van der Waals surface area contributed by atoms with Crippen molar-refractivity contribution in [1.82, 2.24) is 5.32 Å². The first-order valence-corrected chi connectivity index (χ1v) is 10.3. The Morgan fingerprint density at radius 3 is 2.80 bits per heavy atom. The van der Waals surface area contributed by atoms with Gasteiger partial charge in [-0.25, -0.2) is 0 Å². The van der Waals surface area contributed by atoms with Crippen LogP contribution in [0.2, 0.25) is 5.02 Å². The lowest BCUT2D eigenvalue weighted by molar-refractivity contribution is 0.0937. The van der Waals surface area contributed by atoms with E-state index in [9.17, 15) is 4.79 Å². The summed E-state index contributed by atoms with van der Waals surface area (Å²) < 4.78 is 11.1. The Balaban J connectivity index is 2.06. The minimum atomic E-state index is -0.109. The van der Waals surface area contributed by atoms with Gasteiger partial charge in [-0.05, 0) is 43.1 Å². The van der Waals surface area contributed by atoms with Crippen LogP contribution in [0.4, 0.5) is 0 Å². The van der Waals surface area contributed by atoms with Crippen molar-refractivity contribution in [3.8, 4) is 11.5 Å². The Morgan fingerprint density at radius 1 is 1.40 bits per heavy atom. The standard InChI is InChI=1S/C19H28ClNO3S/c1-5-25-15-7-6-14(10-15)21-19(22)13-8-16(20)18(17(9-13)23-4)24-11-12(2)3/h8-9,12,14-15H,5-7,10-11H2,1-4H3,(H,21,22)/t14-,15+/m1/s1. The third-order valence-corrected chi connectivity index (χ3v) is 5.69. The highest BCUT2D eigenvalue weighted by Crippen LogP contribution is 2.37. The molecule has 1 aromatic rings. The van der Waals surface area contributed by atoms with Crippen LogP contribution in [-0.2, 0) is 0 Å². The van der Waals surface area contributed by atoms with Crippen LogP contribution in [-0.4, -0.2) is 36.7 Å². The van der Waals surface area contributed by atoms with E-state index in [1.165, 1.54) is 0 Å². The Hall–Kier alpha value is -1.07. The Morgan fingerprint density at radius 2 is 2.16 bits per heavy atom. The summed E-state index contributed by atoms with van der Waals surface area (Å²) in [6.07, 6.45) is 3.23. The quantitative estimate of drug-likeness (QED) is 0.699. The second-order valence-electron chi connectivity index (χ2n) is 6.76. The van der Waals surface area contributed by atoms with Crippen LogP contribution in [0.25, 0.3) is 0 Å². The lowest BCUT2D eigenvalue weighted by Gasteiger charge is -2.17. The van der Waals surface area contributed by atoms with Crippen LogP contribution in [0, 0.1) is 5.92 Å². The van der Waals surface area contributed by atoms with Crippen molar-refractivity contribution in [2.45, 2.75) is 51.3 Å². The monoisotopic (exact) mass is 385 g/mol. The normalized spacial score (nSPS) is 19.9. The number of carbonyl (C=O) groups excluding carboxylic acids is 1. The van der Waals surface area contributed by atoms with E-state index in [-0.39, 0.29) is 11.9 Å². The van der Waals surface area contributed by atoms with Crippen molar-refractivity contribution in [3.63, 3.8) is 0 Å². The number of benzene rings is 1. The van der Waals surface area contributed by atoms with Gasteiger partial charge in [-0.1, -0.05) is 32.4 Å². The number of nitrogens with one attached hydrogen (secondary N) is 1. The molecule has 1 aliphatic rings. The summed E-state index contributed by atoms with van der Waals surface area (Å²) in [5.41, 5.74) is 0.505. The molecule has 0 bridgehead atoms. The van der Waals surface area contributed by atoms with E-state index >= 15 is 0 Å². The molecule has 0 aromatic heterocycles. The molecule has 1 amide bonds. The zero-order valence-electron chi connectivity index (χ0n) is 15.4. The van der Waals surface area contributed by atoms with Crippen LogP contribution in [0.15, 0.2) is 12.1 Å². The van der Waals surface area contributed by atoms with Gasteiger partial charge in [0.25, 0.3) is 5.91 Å². The number of hydrogen-bond acceptors (Lipinski definition) is 4. The molecule has 2 atom stereocenters. The molecule has 6 heteroatoms. The maximum Gasteiger partial charge on any atom is 0.251 e. The topological polar surface area (TPSA) is 47.6 Å². The smallest absolute Gasteiger partial charge is 0.251 e. The van der Waals surface area contributed by atoms with Gasteiger partial charge in [0.2, 0.25) is 0 Å². The van der Waals surface area contributed by atoms with Gasteiger partial charge in [0.15, 0.2) is 11.5 Å². The number of thioether (sulfide) groups is 1. The first-order chi connectivity index (χ1) is 11.9. The van der Waals surface area contributed by atoms with E-state index in [2.05, 4.69) is 26.1 Å². The van der Waals surface area contributed by atoms with Crippen LogP contribution < -0.4 is 14.8 Å². The maximum absolute atomic E-state index is 12.6. The minimum Gasteiger partial charge on any atom is -0.493 e. The fourth-order valence-corrected chi connectivity index (χ4v) is 4.38. The average molecular weight is 386 g/mol. The highest BCUT2D eigenvalue weighted by Gasteiger charge is 2.26. The van der Waals surface area contributed by atoms with Gasteiger partial charge in [-0.2, -0.15) is 11.8 Å². The summed E-state index contributed by atoms with van der Waals surface area (Å²) in [5, 5.41) is 4.18. The highest BCUT2D eigenvalue weighted by atomic mass is 35.5. The summed E-state index contributed by atoms with van der Waals surface area (Å²) in [5.74, 6) is 2.37. The molecule has 1 aliphatic carbocycles. The average Bonchev–Trinajstić information content (AvgIpc) is 3.00. The van der Waals surface area contributed by atoms with Gasteiger partial charge in [-0.15, -0.1) is 0 Å². The molecule has 2 rings (SSSR count). The number of ether oxygens (including phenoxy) is 2. The van der Waals surface area contributed by atoms with Crippen molar-refractivity contribution in [2.24, 2.45) is 5.92 Å². The molecule has 0 saturated heterocycles. The number of carbonyl (C=O) groups is 1. The van der Waals surface area contributed by atoms with Gasteiger partial charge >= 0.3 is 0 Å². The molecule has 0 radical (unpaired) electrons. The Bertz CT molecular complexity index is 594. The molecule has 4 nitrogen and oxygen atoms in total.